The van der Waals surface area contributed by atoms with Crippen LogP contribution >= 0.6 is 9.90 Å². The van der Waals surface area contributed by atoms with Crippen molar-refractivity contribution in [3.63, 3.8) is 0 Å². The molecule has 0 unspecified atom stereocenters. The van der Waals surface area contributed by atoms with Gasteiger partial charge in [-0.25, -0.2) is 0 Å². The molecule has 0 N–H and O–H groups in total. The minimum atomic E-state index is -1.08. The molecule has 0 fully saturated rings. The van der Waals surface area contributed by atoms with Crippen LogP contribution in [-0.2, 0) is 24.0 Å². The van der Waals surface area contributed by atoms with Crippen molar-refractivity contribution in [3.05, 3.63) is 0 Å². The second-order valence-corrected chi connectivity index (χ2v) is 2.46. The molecule has 0 amide bonds. The summed E-state index contributed by atoms with van der Waals surface area (Å²) >= 11 is 0. The fourth-order valence-electron chi connectivity index (χ4n) is 0. The quantitative estimate of drug-likeness (QED) is 0.293. The number of hydrogen-bond donors (Lipinski definition) is 0. The number of carboxylic acids is 5. The average Bonchev–Trinajstić information content (AvgIpc) is 1.94. The third kappa shape index (κ3) is 6720. The van der Waals surface area contributed by atoms with Crippen LogP contribution < -0.4 is 25.5 Å². The maximum absolute atomic E-state index is 8.89. The Morgan fingerprint density at radius 2 is 0.455 bits per heavy atom. The van der Waals surface area contributed by atoms with E-state index in [2.05, 4.69) is 0 Å². The summed E-state index contributed by atoms with van der Waals surface area (Å²) in [6, 6.07) is 0. The molecule has 2 radical (unpaired) electrons. The summed E-state index contributed by atoms with van der Waals surface area (Å²) in [5.74, 6) is -5.42. The van der Waals surface area contributed by atoms with Crippen LogP contribution in [0.4, 0.5) is 0 Å². The van der Waals surface area contributed by atoms with E-state index in [0.29, 0.717) is 0 Å². The first kappa shape index (κ1) is 42.9. The zero-order valence-electron chi connectivity index (χ0n) is 12.7. The molecule has 0 aromatic carbocycles. The van der Waals surface area contributed by atoms with Gasteiger partial charge in [0.05, 0.1) is 0 Å². The van der Waals surface area contributed by atoms with Gasteiger partial charge in [0.1, 0.15) is 0 Å². The first-order valence-corrected chi connectivity index (χ1v) is 4.54. The van der Waals surface area contributed by atoms with Gasteiger partial charge in [0.15, 0.2) is 0 Å². The van der Waals surface area contributed by atoms with Crippen molar-refractivity contribution < 1.29 is 49.5 Å². The van der Waals surface area contributed by atoms with E-state index in [0.717, 1.165) is 34.6 Å². The standard InChI is InChI=1S/5C2H4O2.Ca.P/c5*1-2(3)4;;/h5*1H3,(H,3,4);;/q;;;;;+2;+3/p-5. The second kappa shape index (κ2) is 36.9. The van der Waals surface area contributed by atoms with Gasteiger partial charge in [-0.15, -0.1) is 0 Å². The smallest absolute Gasteiger partial charge is 0.550 e. The number of rotatable bonds is 0. The number of carboxylic acid groups (broad SMARTS) is 5. The summed E-state index contributed by atoms with van der Waals surface area (Å²) in [6.45, 7) is 4.86. The zero-order valence-corrected chi connectivity index (χ0v) is 15.8. The van der Waals surface area contributed by atoms with Crippen molar-refractivity contribution in [1.29, 1.82) is 0 Å². The molecule has 0 saturated heterocycles. The summed E-state index contributed by atoms with van der Waals surface area (Å²) in [4.78, 5) is 44.4. The Balaban J connectivity index is -0.0000000250. The van der Waals surface area contributed by atoms with Gasteiger partial charge in [0, 0.05) is 29.8 Å². The van der Waals surface area contributed by atoms with Gasteiger partial charge in [-0.2, -0.15) is 0 Å². The van der Waals surface area contributed by atoms with Gasteiger partial charge >= 0.3 is 47.6 Å². The Hall–Kier alpha value is -0.960. The third-order valence-corrected chi connectivity index (χ3v) is 0. The molecular weight excluding hydrogens is 351 g/mol. The molecule has 0 rings (SSSR count). The molecule has 22 heavy (non-hydrogen) atoms. The molecule has 122 valence electrons. The Morgan fingerprint density at radius 3 is 0.455 bits per heavy atom. The predicted molar refractivity (Wildman–Crippen MR) is 66.1 cm³/mol. The topological polar surface area (TPSA) is 201 Å². The summed E-state index contributed by atoms with van der Waals surface area (Å²) in [7, 11) is 0. The number of hydrogen-bond acceptors (Lipinski definition) is 10. The predicted octanol–water partition coefficient (Wildman–Crippen LogP) is -5.74. The number of carbonyl (C=O) groups excluding carboxylic acids is 5. The minimum Gasteiger partial charge on any atom is -0.550 e. The zero-order chi connectivity index (χ0) is 17.9. The van der Waals surface area contributed by atoms with Crippen molar-refractivity contribution in [2.24, 2.45) is 0 Å². The molecular formula is C10H15CaO10P. The van der Waals surface area contributed by atoms with E-state index in [9.17, 15) is 0 Å². The van der Waals surface area contributed by atoms with Crippen molar-refractivity contribution >= 4 is 77.5 Å². The molecule has 0 aliphatic heterocycles. The maximum atomic E-state index is 8.89. The van der Waals surface area contributed by atoms with Crippen LogP contribution in [0.5, 0.6) is 0 Å². The molecule has 0 spiro atoms. The Kier molecular flexibility index (Phi) is 71.8. The first-order valence-electron chi connectivity index (χ1n) is 4.54. The molecule has 0 aliphatic carbocycles. The molecule has 12 heteroatoms. The normalized spacial score (nSPS) is 5.68. The summed E-state index contributed by atoms with van der Waals surface area (Å²) < 4.78 is 0. The SMILES string of the molecule is CC(=O)[O-].CC(=O)[O-].CC(=O)[O-].CC(=O)[O-].CC(=O)[O-].[Ca+2].[P+3]. The van der Waals surface area contributed by atoms with Gasteiger partial charge in [-0.1, -0.05) is 0 Å². The Morgan fingerprint density at radius 1 is 0.455 bits per heavy atom. The van der Waals surface area contributed by atoms with Gasteiger partial charge < -0.3 is 49.5 Å². The maximum Gasteiger partial charge on any atom is 3.00 e. The van der Waals surface area contributed by atoms with Crippen LogP contribution in [0.25, 0.3) is 0 Å². The van der Waals surface area contributed by atoms with E-state index >= 15 is 0 Å². The van der Waals surface area contributed by atoms with E-state index in [1.165, 1.54) is 0 Å². The van der Waals surface area contributed by atoms with Crippen LogP contribution in [0, 0.1) is 0 Å². The van der Waals surface area contributed by atoms with Crippen molar-refractivity contribution in [2.45, 2.75) is 34.6 Å². The molecule has 10 nitrogen and oxygen atoms in total. The summed E-state index contributed by atoms with van der Waals surface area (Å²) in [6.07, 6.45) is 0. The van der Waals surface area contributed by atoms with Crippen LogP contribution in [0.15, 0.2) is 0 Å². The van der Waals surface area contributed by atoms with Crippen molar-refractivity contribution in [2.75, 3.05) is 0 Å². The molecule has 0 aromatic heterocycles. The van der Waals surface area contributed by atoms with Gasteiger partial charge in [0.25, 0.3) is 0 Å². The molecule has 0 aromatic rings. The minimum absolute atomic E-state index is 0. The molecule has 0 bridgehead atoms. The second-order valence-electron chi connectivity index (χ2n) is 2.46. The van der Waals surface area contributed by atoms with Crippen molar-refractivity contribution in [3.8, 4) is 0 Å². The van der Waals surface area contributed by atoms with Gasteiger partial charge in [0.2, 0.25) is 0 Å². The van der Waals surface area contributed by atoms with Crippen molar-refractivity contribution in [1.82, 2.24) is 0 Å². The van der Waals surface area contributed by atoms with Crippen LogP contribution in [0.1, 0.15) is 34.6 Å². The van der Waals surface area contributed by atoms with E-state index in [1.807, 2.05) is 0 Å². The summed E-state index contributed by atoms with van der Waals surface area (Å²) in [5, 5.41) is 44.4. The van der Waals surface area contributed by atoms with E-state index in [-0.39, 0.29) is 47.6 Å². The molecule has 0 heterocycles. The number of carbonyl (C=O) groups is 5. The summed E-state index contributed by atoms with van der Waals surface area (Å²) in [5.41, 5.74) is 0. The van der Waals surface area contributed by atoms with Crippen LogP contribution in [0.2, 0.25) is 0 Å². The fraction of sp³-hybridized carbons (Fsp3) is 0.500. The monoisotopic (exact) mass is 366 g/mol. The third-order valence-electron chi connectivity index (χ3n) is 0. The molecule has 0 saturated carbocycles. The van der Waals surface area contributed by atoms with Gasteiger partial charge in [-0.05, 0) is 34.6 Å². The molecule has 0 aliphatic rings. The largest absolute Gasteiger partial charge is 3.00 e. The Bertz CT molecular complexity index is 216. The average molecular weight is 366 g/mol. The fourth-order valence-corrected chi connectivity index (χ4v) is 0. The molecule has 0 atom stereocenters. The van der Waals surface area contributed by atoms with Gasteiger partial charge in [-0.3, -0.25) is 0 Å². The van der Waals surface area contributed by atoms with E-state index in [4.69, 9.17) is 49.5 Å². The van der Waals surface area contributed by atoms with Crippen LogP contribution in [-0.4, -0.2) is 67.6 Å². The number of aliphatic carboxylic acids is 5. The Labute approximate surface area is 161 Å². The van der Waals surface area contributed by atoms with E-state index < -0.39 is 29.8 Å². The first-order chi connectivity index (χ1) is 8.66. The van der Waals surface area contributed by atoms with E-state index in [1.54, 1.807) is 0 Å². The van der Waals surface area contributed by atoms with Crippen LogP contribution in [0.3, 0.4) is 0 Å².